The molecule has 2 aromatic heterocycles. The molecule has 30 heavy (non-hydrogen) atoms. The molecule has 3 aromatic rings. The van der Waals surface area contributed by atoms with Gasteiger partial charge < -0.3 is 16.0 Å². The number of benzene rings is 1. The van der Waals surface area contributed by atoms with Gasteiger partial charge in [-0.1, -0.05) is 32.0 Å². The number of anilines is 1. The zero-order chi connectivity index (χ0) is 20.6. The fraction of sp³-hybridized carbons (Fsp3) is 0.333. The van der Waals surface area contributed by atoms with Crippen molar-refractivity contribution in [3.05, 3.63) is 60.0 Å². The number of pyridine rings is 1. The van der Waals surface area contributed by atoms with Crippen LogP contribution in [-0.2, 0) is 17.9 Å². The van der Waals surface area contributed by atoms with Crippen molar-refractivity contribution in [2.24, 2.45) is 10.9 Å². The van der Waals surface area contributed by atoms with Gasteiger partial charge in [0.25, 0.3) is 0 Å². The molecule has 2 heterocycles. The summed E-state index contributed by atoms with van der Waals surface area (Å²) in [7, 11) is 1.72. The van der Waals surface area contributed by atoms with E-state index < -0.39 is 0 Å². The Labute approximate surface area is 193 Å². The van der Waals surface area contributed by atoms with E-state index in [0.29, 0.717) is 19.0 Å². The third kappa shape index (κ3) is 6.15. The average molecular weight is 521 g/mol. The SMILES string of the molecule is CCC(C)C(=O)Nc1cccc(CNC(=NC)NCc2nnc3ccccn23)c1.I. The predicted molar refractivity (Wildman–Crippen MR) is 130 cm³/mol. The number of nitrogens with zero attached hydrogens (tertiary/aromatic N) is 4. The van der Waals surface area contributed by atoms with Crippen LogP contribution in [0.5, 0.6) is 0 Å². The smallest absolute Gasteiger partial charge is 0.227 e. The molecule has 0 aliphatic heterocycles. The summed E-state index contributed by atoms with van der Waals surface area (Å²) in [6.07, 6.45) is 2.75. The monoisotopic (exact) mass is 521 g/mol. The van der Waals surface area contributed by atoms with Gasteiger partial charge in [-0.3, -0.25) is 14.2 Å². The Morgan fingerprint density at radius 3 is 2.70 bits per heavy atom. The van der Waals surface area contributed by atoms with E-state index in [2.05, 4.69) is 31.1 Å². The van der Waals surface area contributed by atoms with Gasteiger partial charge in [0.2, 0.25) is 5.91 Å². The van der Waals surface area contributed by atoms with E-state index in [1.165, 1.54) is 0 Å². The summed E-state index contributed by atoms with van der Waals surface area (Å²) in [5, 5.41) is 17.8. The van der Waals surface area contributed by atoms with E-state index in [4.69, 9.17) is 0 Å². The molecule has 0 radical (unpaired) electrons. The molecule has 9 heteroatoms. The molecule has 8 nitrogen and oxygen atoms in total. The number of amides is 1. The van der Waals surface area contributed by atoms with E-state index in [9.17, 15) is 4.79 Å². The van der Waals surface area contributed by atoms with Crippen molar-refractivity contribution in [1.82, 2.24) is 25.2 Å². The minimum atomic E-state index is -0.00644. The highest BCUT2D eigenvalue weighted by molar-refractivity contribution is 14.0. The molecule has 0 fully saturated rings. The van der Waals surface area contributed by atoms with Crippen LogP contribution in [0, 0.1) is 5.92 Å². The lowest BCUT2D eigenvalue weighted by atomic mass is 10.1. The zero-order valence-corrected chi connectivity index (χ0v) is 19.8. The molecule has 160 valence electrons. The van der Waals surface area contributed by atoms with Gasteiger partial charge in [0.15, 0.2) is 17.4 Å². The number of halogens is 1. The number of nitrogens with one attached hydrogen (secondary N) is 3. The van der Waals surface area contributed by atoms with Crippen LogP contribution in [0.3, 0.4) is 0 Å². The van der Waals surface area contributed by atoms with E-state index in [1.807, 2.05) is 66.9 Å². The van der Waals surface area contributed by atoms with Crippen molar-refractivity contribution in [1.29, 1.82) is 0 Å². The van der Waals surface area contributed by atoms with E-state index in [0.717, 1.165) is 29.1 Å². The number of carbonyl (C=O) groups excluding carboxylic acids is 1. The quantitative estimate of drug-likeness (QED) is 0.252. The normalized spacial score (nSPS) is 12.2. The van der Waals surface area contributed by atoms with Crippen LogP contribution in [0.15, 0.2) is 53.7 Å². The summed E-state index contributed by atoms with van der Waals surface area (Å²) in [6.45, 7) is 5.00. The second-order valence-corrected chi connectivity index (χ2v) is 6.82. The average Bonchev–Trinajstić information content (AvgIpc) is 3.16. The number of aliphatic imine (C=N–C) groups is 1. The van der Waals surface area contributed by atoms with Crippen LogP contribution < -0.4 is 16.0 Å². The van der Waals surface area contributed by atoms with Crippen molar-refractivity contribution in [3.8, 4) is 0 Å². The maximum absolute atomic E-state index is 12.1. The molecular weight excluding hydrogens is 493 g/mol. The van der Waals surface area contributed by atoms with Crippen LogP contribution in [0.25, 0.3) is 5.65 Å². The summed E-state index contributed by atoms with van der Waals surface area (Å²) < 4.78 is 1.93. The first-order valence-corrected chi connectivity index (χ1v) is 9.73. The number of hydrogen-bond acceptors (Lipinski definition) is 4. The topological polar surface area (TPSA) is 95.7 Å². The number of fused-ring (bicyclic) bond motifs is 1. The Kier molecular flexibility index (Phi) is 9.03. The van der Waals surface area contributed by atoms with Crippen molar-refractivity contribution in [3.63, 3.8) is 0 Å². The van der Waals surface area contributed by atoms with Gasteiger partial charge >= 0.3 is 0 Å². The highest BCUT2D eigenvalue weighted by Crippen LogP contribution is 2.13. The number of hydrogen-bond donors (Lipinski definition) is 3. The van der Waals surface area contributed by atoms with Gasteiger partial charge in [-0.15, -0.1) is 34.2 Å². The maximum atomic E-state index is 12.1. The van der Waals surface area contributed by atoms with Crippen LogP contribution in [0.1, 0.15) is 31.7 Å². The molecule has 1 unspecified atom stereocenters. The summed E-state index contributed by atoms with van der Waals surface area (Å²) in [5.41, 5.74) is 2.65. The summed E-state index contributed by atoms with van der Waals surface area (Å²) in [5.74, 6) is 1.49. The molecular formula is C21H28IN7O. The molecule has 3 rings (SSSR count). The standard InChI is InChI=1S/C21H27N7O.HI/c1-4-15(2)20(29)25-17-9-7-8-16(12-17)13-23-21(22-3)24-14-19-27-26-18-10-5-6-11-28(18)19;/h5-12,15H,4,13-14H2,1-3H3,(H,25,29)(H2,22,23,24);1H. The molecule has 0 bridgehead atoms. The van der Waals surface area contributed by atoms with Gasteiger partial charge in [-0.2, -0.15) is 0 Å². The van der Waals surface area contributed by atoms with Crippen molar-refractivity contribution >= 4 is 47.2 Å². The van der Waals surface area contributed by atoms with Crippen LogP contribution >= 0.6 is 24.0 Å². The molecule has 1 aromatic carbocycles. The van der Waals surface area contributed by atoms with E-state index in [1.54, 1.807) is 7.05 Å². The zero-order valence-electron chi connectivity index (χ0n) is 17.4. The first-order valence-electron chi connectivity index (χ1n) is 9.73. The molecule has 3 N–H and O–H groups in total. The van der Waals surface area contributed by atoms with Crippen LogP contribution in [-0.4, -0.2) is 33.5 Å². The van der Waals surface area contributed by atoms with Crippen LogP contribution in [0.2, 0.25) is 0 Å². The summed E-state index contributed by atoms with van der Waals surface area (Å²) in [6, 6.07) is 13.6. The van der Waals surface area contributed by atoms with Gasteiger partial charge in [-0.25, -0.2) is 0 Å². The Morgan fingerprint density at radius 1 is 1.13 bits per heavy atom. The fourth-order valence-electron chi connectivity index (χ4n) is 2.79. The lowest BCUT2D eigenvalue weighted by molar-refractivity contribution is -0.119. The summed E-state index contributed by atoms with van der Waals surface area (Å²) in [4.78, 5) is 16.3. The first-order chi connectivity index (χ1) is 14.1. The van der Waals surface area contributed by atoms with Gasteiger partial charge in [-0.05, 0) is 36.2 Å². The van der Waals surface area contributed by atoms with Gasteiger partial charge in [0.05, 0.1) is 6.54 Å². The minimum absolute atomic E-state index is 0. The lowest BCUT2D eigenvalue weighted by Gasteiger charge is -2.13. The Bertz CT molecular complexity index is 1000. The Hall–Kier alpha value is -2.69. The third-order valence-electron chi connectivity index (χ3n) is 4.74. The fourth-order valence-corrected chi connectivity index (χ4v) is 2.79. The van der Waals surface area contributed by atoms with Crippen molar-refractivity contribution < 1.29 is 4.79 Å². The molecule has 1 amide bonds. The highest BCUT2D eigenvalue weighted by Gasteiger charge is 2.11. The molecule has 0 saturated carbocycles. The second-order valence-electron chi connectivity index (χ2n) is 6.82. The van der Waals surface area contributed by atoms with E-state index in [-0.39, 0.29) is 35.8 Å². The molecule has 0 aliphatic rings. The van der Waals surface area contributed by atoms with E-state index >= 15 is 0 Å². The highest BCUT2D eigenvalue weighted by atomic mass is 127. The number of carbonyl (C=O) groups is 1. The third-order valence-corrected chi connectivity index (χ3v) is 4.74. The van der Waals surface area contributed by atoms with Crippen LogP contribution in [0.4, 0.5) is 5.69 Å². The number of guanidine groups is 1. The van der Waals surface area contributed by atoms with Crippen molar-refractivity contribution in [2.75, 3.05) is 12.4 Å². The molecule has 0 spiro atoms. The number of aromatic nitrogens is 3. The largest absolute Gasteiger partial charge is 0.352 e. The predicted octanol–water partition coefficient (Wildman–Crippen LogP) is 3.20. The maximum Gasteiger partial charge on any atom is 0.227 e. The van der Waals surface area contributed by atoms with Crippen molar-refractivity contribution in [2.45, 2.75) is 33.4 Å². The molecule has 1 atom stereocenters. The summed E-state index contributed by atoms with van der Waals surface area (Å²) >= 11 is 0. The van der Waals surface area contributed by atoms with Gasteiger partial charge in [0.1, 0.15) is 0 Å². The minimum Gasteiger partial charge on any atom is -0.352 e. The molecule has 0 saturated heterocycles. The Morgan fingerprint density at radius 2 is 1.93 bits per heavy atom. The number of rotatable bonds is 7. The second kappa shape index (κ2) is 11.5. The lowest BCUT2D eigenvalue weighted by Crippen LogP contribution is -2.36. The Balaban J connectivity index is 0.00000320. The molecule has 0 aliphatic carbocycles. The van der Waals surface area contributed by atoms with Gasteiger partial charge in [0, 0.05) is 31.4 Å². The first kappa shape index (κ1) is 23.6.